The number of hydrogen-bond donors (Lipinski definition) is 1. The highest BCUT2D eigenvalue weighted by molar-refractivity contribution is 6.30. The summed E-state index contributed by atoms with van der Waals surface area (Å²) in [6.45, 7) is 4.70. The molecule has 3 nitrogen and oxygen atoms in total. The molecule has 0 fully saturated rings. The molecule has 1 aromatic rings. The Labute approximate surface area is 111 Å². The van der Waals surface area contributed by atoms with Gasteiger partial charge in [-0.05, 0) is 24.5 Å². The molecule has 5 heteroatoms. The zero-order chi connectivity index (χ0) is 13.5. The van der Waals surface area contributed by atoms with Gasteiger partial charge in [0.2, 0.25) is 0 Å². The summed E-state index contributed by atoms with van der Waals surface area (Å²) in [5.74, 6) is 0.212. The van der Waals surface area contributed by atoms with Crippen LogP contribution in [0.1, 0.15) is 20.3 Å². The summed E-state index contributed by atoms with van der Waals surface area (Å²) in [6.07, 6.45) is 0.925. The molecular weight excluding hydrogens is 257 g/mol. The van der Waals surface area contributed by atoms with E-state index in [0.717, 1.165) is 6.42 Å². The van der Waals surface area contributed by atoms with E-state index >= 15 is 0 Å². The first-order valence-corrected chi connectivity index (χ1v) is 6.21. The van der Waals surface area contributed by atoms with Gasteiger partial charge in [0.25, 0.3) is 5.91 Å². The van der Waals surface area contributed by atoms with Gasteiger partial charge < -0.3 is 10.1 Å². The van der Waals surface area contributed by atoms with Crippen LogP contribution in [0.25, 0.3) is 0 Å². The van der Waals surface area contributed by atoms with Gasteiger partial charge in [0.15, 0.2) is 6.61 Å². The molecule has 0 saturated carbocycles. The molecular formula is C13H17ClFNO2. The number of nitrogens with one attached hydrogen (secondary N) is 1. The molecule has 0 atom stereocenters. The van der Waals surface area contributed by atoms with Crippen molar-refractivity contribution in [1.82, 2.24) is 5.32 Å². The fourth-order valence-electron chi connectivity index (χ4n) is 1.27. The van der Waals surface area contributed by atoms with Crippen molar-refractivity contribution in [2.45, 2.75) is 20.3 Å². The van der Waals surface area contributed by atoms with Crippen LogP contribution in [0, 0.1) is 11.7 Å². The monoisotopic (exact) mass is 273 g/mol. The first-order valence-electron chi connectivity index (χ1n) is 5.83. The maximum atomic E-state index is 12.9. The van der Waals surface area contributed by atoms with Crippen LogP contribution in [0.2, 0.25) is 5.02 Å². The van der Waals surface area contributed by atoms with Crippen molar-refractivity contribution < 1.29 is 13.9 Å². The molecule has 0 bridgehead atoms. The van der Waals surface area contributed by atoms with Crippen molar-refractivity contribution in [2.75, 3.05) is 13.2 Å². The molecule has 100 valence electrons. The van der Waals surface area contributed by atoms with Gasteiger partial charge in [-0.2, -0.15) is 0 Å². The fourth-order valence-corrected chi connectivity index (χ4v) is 1.44. The van der Waals surface area contributed by atoms with Crippen molar-refractivity contribution in [2.24, 2.45) is 5.92 Å². The van der Waals surface area contributed by atoms with Crippen LogP contribution >= 0.6 is 11.6 Å². The van der Waals surface area contributed by atoms with Crippen LogP contribution in [-0.2, 0) is 4.79 Å². The van der Waals surface area contributed by atoms with E-state index in [1.54, 1.807) is 0 Å². The number of halogens is 2. The lowest BCUT2D eigenvalue weighted by Crippen LogP contribution is -2.30. The molecule has 1 amide bonds. The summed E-state index contributed by atoms with van der Waals surface area (Å²) in [5.41, 5.74) is 0. The molecule has 18 heavy (non-hydrogen) atoms. The van der Waals surface area contributed by atoms with Crippen molar-refractivity contribution in [3.8, 4) is 5.75 Å². The average molecular weight is 274 g/mol. The van der Waals surface area contributed by atoms with E-state index in [1.165, 1.54) is 18.2 Å². The number of benzene rings is 1. The molecule has 1 rings (SSSR count). The lowest BCUT2D eigenvalue weighted by Gasteiger charge is -2.09. The van der Waals surface area contributed by atoms with Crippen LogP contribution in [-0.4, -0.2) is 19.1 Å². The first kappa shape index (κ1) is 14.8. The molecule has 0 aliphatic carbocycles. The van der Waals surface area contributed by atoms with Crippen molar-refractivity contribution in [3.63, 3.8) is 0 Å². The predicted molar refractivity (Wildman–Crippen MR) is 69.4 cm³/mol. The summed E-state index contributed by atoms with van der Waals surface area (Å²) >= 11 is 5.59. The summed E-state index contributed by atoms with van der Waals surface area (Å²) in [5, 5.41) is 2.72. The molecule has 1 N–H and O–H groups in total. The Morgan fingerprint density at radius 1 is 1.50 bits per heavy atom. The highest BCUT2D eigenvalue weighted by Crippen LogP contribution is 2.20. The zero-order valence-electron chi connectivity index (χ0n) is 10.5. The third-order valence-corrected chi connectivity index (χ3v) is 2.59. The molecule has 0 aliphatic heterocycles. The molecule has 1 aromatic carbocycles. The van der Waals surface area contributed by atoms with Crippen LogP contribution < -0.4 is 10.1 Å². The maximum absolute atomic E-state index is 12.9. The summed E-state index contributed by atoms with van der Waals surface area (Å²) in [6, 6.07) is 3.98. The van der Waals surface area contributed by atoms with Crippen molar-refractivity contribution >= 4 is 17.5 Å². The Balaban J connectivity index is 2.31. The first-order chi connectivity index (χ1) is 8.49. The van der Waals surface area contributed by atoms with Crippen molar-refractivity contribution in [1.29, 1.82) is 0 Å². The second-order valence-electron chi connectivity index (χ2n) is 4.40. The van der Waals surface area contributed by atoms with Gasteiger partial charge in [0.05, 0.1) is 5.02 Å². The number of carbonyl (C=O) groups is 1. The lowest BCUT2D eigenvalue weighted by molar-refractivity contribution is -0.123. The van der Waals surface area contributed by atoms with Gasteiger partial charge in [-0.3, -0.25) is 4.79 Å². The van der Waals surface area contributed by atoms with E-state index in [2.05, 4.69) is 19.2 Å². The van der Waals surface area contributed by atoms with Gasteiger partial charge in [-0.25, -0.2) is 4.39 Å². The minimum Gasteiger partial charge on any atom is -0.484 e. The SMILES string of the molecule is CC(C)CCNC(=O)COc1ccc(F)c(Cl)c1. The highest BCUT2D eigenvalue weighted by atomic mass is 35.5. The Kier molecular flexibility index (Phi) is 5.92. The number of ether oxygens (including phenoxy) is 1. The summed E-state index contributed by atoms with van der Waals surface area (Å²) < 4.78 is 18.1. The third kappa shape index (κ3) is 5.36. The van der Waals surface area contributed by atoms with Gasteiger partial charge in [0.1, 0.15) is 11.6 Å². The number of amides is 1. The second kappa shape index (κ2) is 7.21. The van der Waals surface area contributed by atoms with Gasteiger partial charge >= 0.3 is 0 Å². The van der Waals surface area contributed by atoms with E-state index in [9.17, 15) is 9.18 Å². The molecule has 0 heterocycles. The van der Waals surface area contributed by atoms with E-state index in [0.29, 0.717) is 18.2 Å². The average Bonchev–Trinajstić information content (AvgIpc) is 2.30. The van der Waals surface area contributed by atoms with Crippen LogP contribution in [0.4, 0.5) is 4.39 Å². The second-order valence-corrected chi connectivity index (χ2v) is 4.80. The minimum absolute atomic E-state index is 0.0206. The Morgan fingerprint density at radius 2 is 2.22 bits per heavy atom. The molecule has 0 saturated heterocycles. The number of carbonyl (C=O) groups excluding carboxylic acids is 1. The van der Waals surface area contributed by atoms with Gasteiger partial charge in [-0.1, -0.05) is 25.4 Å². The largest absolute Gasteiger partial charge is 0.484 e. The molecule has 0 aliphatic rings. The molecule has 0 aromatic heterocycles. The molecule has 0 unspecified atom stereocenters. The standard InChI is InChI=1S/C13H17ClFNO2/c1-9(2)5-6-16-13(17)8-18-10-3-4-12(15)11(14)7-10/h3-4,7,9H,5-6,8H2,1-2H3,(H,16,17). The van der Waals surface area contributed by atoms with E-state index < -0.39 is 5.82 Å². The van der Waals surface area contributed by atoms with Crippen LogP contribution in [0.3, 0.4) is 0 Å². The van der Waals surface area contributed by atoms with E-state index in [4.69, 9.17) is 16.3 Å². The van der Waals surface area contributed by atoms with E-state index in [1.807, 2.05) is 0 Å². The van der Waals surface area contributed by atoms with Gasteiger partial charge in [-0.15, -0.1) is 0 Å². The fraction of sp³-hybridized carbons (Fsp3) is 0.462. The predicted octanol–water partition coefficient (Wildman–Crippen LogP) is 3.02. The Hall–Kier alpha value is -1.29. The summed E-state index contributed by atoms with van der Waals surface area (Å²) in [7, 11) is 0. The summed E-state index contributed by atoms with van der Waals surface area (Å²) in [4.78, 5) is 11.4. The Morgan fingerprint density at radius 3 is 2.83 bits per heavy atom. The topological polar surface area (TPSA) is 38.3 Å². The maximum Gasteiger partial charge on any atom is 0.257 e. The molecule has 0 spiro atoms. The lowest BCUT2D eigenvalue weighted by atomic mass is 10.1. The zero-order valence-corrected chi connectivity index (χ0v) is 11.3. The number of hydrogen-bond acceptors (Lipinski definition) is 2. The normalized spacial score (nSPS) is 10.5. The van der Waals surface area contributed by atoms with Crippen molar-refractivity contribution in [3.05, 3.63) is 29.0 Å². The smallest absolute Gasteiger partial charge is 0.257 e. The third-order valence-electron chi connectivity index (χ3n) is 2.30. The van der Waals surface area contributed by atoms with Crippen LogP contribution in [0.5, 0.6) is 5.75 Å². The van der Waals surface area contributed by atoms with E-state index in [-0.39, 0.29) is 17.5 Å². The quantitative estimate of drug-likeness (QED) is 0.865. The molecule has 0 radical (unpaired) electrons. The Bertz CT molecular complexity index is 410. The van der Waals surface area contributed by atoms with Gasteiger partial charge in [0, 0.05) is 12.6 Å². The minimum atomic E-state index is -0.509. The van der Waals surface area contributed by atoms with Crippen LogP contribution in [0.15, 0.2) is 18.2 Å². The highest BCUT2D eigenvalue weighted by Gasteiger charge is 2.05. The number of rotatable bonds is 6.